The SMILES string of the molecule is COC(=O)C(Cc1ccc(OC(=O)C2CCCc3ccc(N=C(N)N)cc32)cc1)C(=O)N(C)C. The second-order valence-electron chi connectivity index (χ2n) is 8.44. The summed E-state index contributed by atoms with van der Waals surface area (Å²) < 4.78 is 10.4. The number of guanidine groups is 1. The highest BCUT2D eigenvalue weighted by molar-refractivity contribution is 5.97. The fourth-order valence-electron chi connectivity index (χ4n) is 4.09. The second-order valence-corrected chi connectivity index (χ2v) is 8.44. The lowest BCUT2D eigenvalue weighted by molar-refractivity contribution is -0.152. The lowest BCUT2D eigenvalue weighted by Gasteiger charge is -2.24. The molecule has 0 radical (unpaired) electrons. The van der Waals surface area contributed by atoms with Crippen molar-refractivity contribution in [3.63, 3.8) is 0 Å². The van der Waals surface area contributed by atoms with Crippen LogP contribution in [0.3, 0.4) is 0 Å². The maximum atomic E-state index is 13.0. The van der Waals surface area contributed by atoms with E-state index in [1.165, 1.54) is 12.0 Å². The van der Waals surface area contributed by atoms with Crippen LogP contribution in [0.25, 0.3) is 0 Å². The first-order valence-electron chi connectivity index (χ1n) is 11.0. The van der Waals surface area contributed by atoms with Gasteiger partial charge in [0, 0.05) is 14.1 Å². The van der Waals surface area contributed by atoms with Crippen LogP contribution in [0.2, 0.25) is 0 Å². The van der Waals surface area contributed by atoms with Crippen LogP contribution in [0.15, 0.2) is 47.5 Å². The monoisotopic (exact) mass is 466 g/mol. The van der Waals surface area contributed by atoms with Gasteiger partial charge in [-0.15, -0.1) is 0 Å². The quantitative estimate of drug-likeness (QED) is 0.209. The van der Waals surface area contributed by atoms with Crippen LogP contribution in [0.5, 0.6) is 5.75 Å². The minimum Gasteiger partial charge on any atom is -0.468 e. The number of aryl methyl sites for hydroxylation is 1. The molecule has 0 heterocycles. The molecule has 4 N–H and O–H groups in total. The van der Waals surface area contributed by atoms with Crippen LogP contribution in [0.4, 0.5) is 5.69 Å². The van der Waals surface area contributed by atoms with E-state index in [9.17, 15) is 14.4 Å². The van der Waals surface area contributed by atoms with E-state index in [-0.39, 0.29) is 24.3 Å². The zero-order valence-corrected chi connectivity index (χ0v) is 19.6. The van der Waals surface area contributed by atoms with Gasteiger partial charge in [0.25, 0.3) is 0 Å². The Hall–Kier alpha value is -3.88. The number of aliphatic imine (C=N–C) groups is 1. The maximum absolute atomic E-state index is 13.0. The zero-order valence-electron chi connectivity index (χ0n) is 19.6. The number of carbonyl (C=O) groups excluding carboxylic acids is 3. The number of hydrogen-bond acceptors (Lipinski definition) is 6. The van der Waals surface area contributed by atoms with Crippen molar-refractivity contribution in [1.29, 1.82) is 0 Å². The molecule has 0 aromatic heterocycles. The Morgan fingerprint density at radius 2 is 1.82 bits per heavy atom. The zero-order chi connectivity index (χ0) is 24.8. The molecule has 0 spiro atoms. The number of nitrogens with two attached hydrogens (primary N) is 2. The van der Waals surface area contributed by atoms with E-state index in [0.29, 0.717) is 17.9 Å². The van der Waals surface area contributed by atoms with E-state index < -0.39 is 17.8 Å². The number of methoxy groups -OCH3 is 1. The Kier molecular flexibility index (Phi) is 7.88. The van der Waals surface area contributed by atoms with Crippen LogP contribution in [0.1, 0.15) is 35.4 Å². The van der Waals surface area contributed by atoms with Gasteiger partial charge in [0.2, 0.25) is 5.91 Å². The Morgan fingerprint density at radius 3 is 2.44 bits per heavy atom. The lowest BCUT2D eigenvalue weighted by Crippen LogP contribution is -2.36. The third-order valence-corrected chi connectivity index (χ3v) is 5.79. The van der Waals surface area contributed by atoms with Crippen molar-refractivity contribution in [2.24, 2.45) is 22.4 Å². The number of rotatable bonds is 7. The van der Waals surface area contributed by atoms with Crippen LogP contribution < -0.4 is 16.2 Å². The molecule has 2 atom stereocenters. The van der Waals surface area contributed by atoms with Gasteiger partial charge in [0.15, 0.2) is 5.96 Å². The molecule has 1 aliphatic carbocycles. The number of esters is 2. The summed E-state index contributed by atoms with van der Waals surface area (Å²) in [5.41, 5.74) is 14.3. The van der Waals surface area contributed by atoms with E-state index in [1.807, 2.05) is 18.2 Å². The van der Waals surface area contributed by atoms with E-state index in [4.69, 9.17) is 20.9 Å². The van der Waals surface area contributed by atoms with Crippen molar-refractivity contribution in [2.75, 3.05) is 21.2 Å². The minimum absolute atomic E-state index is 0.0447. The molecule has 1 amide bonds. The van der Waals surface area contributed by atoms with Crippen molar-refractivity contribution < 1.29 is 23.9 Å². The predicted octanol–water partition coefficient (Wildman–Crippen LogP) is 2.04. The normalized spacial score (nSPS) is 15.4. The van der Waals surface area contributed by atoms with E-state index >= 15 is 0 Å². The summed E-state index contributed by atoms with van der Waals surface area (Å²) >= 11 is 0. The molecule has 2 aromatic rings. The van der Waals surface area contributed by atoms with Gasteiger partial charge in [-0.05, 0) is 66.6 Å². The van der Waals surface area contributed by atoms with Crippen LogP contribution in [0, 0.1) is 5.92 Å². The number of hydrogen-bond donors (Lipinski definition) is 2. The third-order valence-electron chi connectivity index (χ3n) is 5.79. The average molecular weight is 467 g/mol. The van der Waals surface area contributed by atoms with Gasteiger partial charge in [-0.3, -0.25) is 14.4 Å². The largest absolute Gasteiger partial charge is 0.468 e. The lowest BCUT2D eigenvalue weighted by atomic mass is 9.82. The number of fused-ring (bicyclic) bond motifs is 1. The van der Waals surface area contributed by atoms with E-state index in [0.717, 1.165) is 29.5 Å². The van der Waals surface area contributed by atoms with Gasteiger partial charge >= 0.3 is 11.9 Å². The second kappa shape index (κ2) is 10.8. The first kappa shape index (κ1) is 24.8. The summed E-state index contributed by atoms with van der Waals surface area (Å²) in [4.78, 5) is 42.9. The number of nitrogens with zero attached hydrogens (tertiary/aromatic N) is 2. The number of amides is 1. The predicted molar refractivity (Wildman–Crippen MR) is 128 cm³/mol. The molecule has 0 saturated carbocycles. The fraction of sp³-hybridized carbons (Fsp3) is 0.360. The number of ether oxygens (including phenoxy) is 2. The summed E-state index contributed by atoms with van der Waals surface area (Å²) in [5, 5.41) is 0. The maximum Gasteiger partial charge on any atom is 0.318 e. The molecule has 180 valence electrons. The fourth-order valence-corrected chi connectivity index (χ4v) is 4.09. The highest BCUT2D eigenvalue weighted by Crippen LogP contribution is 2.35. The smallest absolute Gasteiger partial charge is 0.318 e. The molecular weight excluding hydrogens is 436 g/mol. The Balaban J connectivity index is 1.73. The van der Waals surface area contributed by atoms with Crippen molar-refractivity contribution in [1.82, 2.24) is 4.90 Å². The van der Waals surface area contributed by atoms with Crippen molar-refractivity contribution >= 4 is 29.5 Å². The third kappa shape index (κ3) is 5.92. The molecular formula is C25H30N4O5. The Morgan fingerprint density at radius 1 is 1.12 bits per heavy atom. The van der Waals surface area contributed by atoms with Gasteiger partial charge in [0.05, 0.1) is 18.7 Å². The topological polar surface area (TPSA) is 137 Å². The van der Waals surface area contributed by atoms with Gasteiger partial charge in [-0.2, -0.15) is 0 Å². The molecule has 0 aliphatic heterocycles. The van der Waals surface area contributed by atoms with Gasteiger partial charge in [-0.1, -0.05) is 18.2 Å². The summed E-state index contributed by atoms with van der Waals surface area (Å²) in [6.07, 6.45) is 2.61. The van der Waals surface area contributed by atoms with Crippen molar-refractivity contribution in [3.8, 4) is 5.75 Å². The molecule has 9 nitrogen and oxygen atoms in total. The molecule has 3 rings (SSSR count). The molecule has 0 fully saturated rings. The van der Waals surface area contributed by atoms with Gasteiger partial charge < -0.3 is 25.8 Å². The van der Waals surface area contributed by atoms with Gasteiger partial charge in [-0.25, -0.2) is 4.99 Å². The van der Waals surface area contributed by atoms with Gasteiger partial charge in [0.1, 0.15) is 11.7 Å². The van der Waals surface area contributed by atoms with Crippen molar-refractivity contribution in [2.45, 2.75) is 31.6 Å². The molecule has 34 heavy (non-hydrogen) atoms. The van der Waals surface area contributed by atoms with E-state index in [2.05, 4.69) is 4.99 Å². The molecule has 9 heteroatoms. The molecule has 0 bridgehead atoms. The van der Waals surface area contributed by atoms with Crippen LogP contribution >= 0.6 is 0 Å². The summed E-state index contributed by atoms with van der Waals surface area (Å²) in [6.45, 7) is 0. The first-order valence-corrected chi connectivity index (χ1v) is 11.0. The molecule has 2 unspecified atom stereocenters. The van der Waals surface area contributed by atoms with Crippen LogP contribution in [-0.2, 0) is 32.0 Å². The molecule has 2 aromatic carbocycles. The molecule has 0 saturated heterocycles. The number of carbonyl (C=O) groups is 3. The number of benzene rings is 2. The Bertz CT molecular complexity index is 1090. The van der Waals surface area contributed by atoms with Crippen LogP contribution in [-0.4, -0.2) is 49.9 Å². The highest BCUT2D eigenvalue weighted by atomic mass is 16.5. The minimum atomic E-state index is -0.938. The summed E-state index contributed by atoms with van der Waals surface area (Å²) in [7, 11) is 4.43. The standard InChI is InChI=1S/C25H30N4O5/c1-29(2)22(30)21(23(31)33-3)13-15-7-11-18(12-8-15)34-24(32)19-6-4-5-16-9-10-17(14-20(16)19)28-25(26)27/h7-12,14,19,21H,4-6,13H2,1-3H3,(H4,26,27,28). The highest BCUT2D eigenvalue weighted by Gasteiger charge is 2.30. The Labute approximate surface area is 198 Å². The van der Waals surface area contributed by atoms with Crippen molar-refractivity contribution in [3.05, 3.63) is 59.2 Å². The van der Waals surface area contributed by atoms with E-state index in [1.54, 1.807) is 38.4 Å². The first-order chi connectivity index (χ1) is 16.2. The average Bonchev–Trinajstić information content (AvgIpc) is 2.81. The molecule has 1 aliphatic rings. The summed E-state index contributed by atoms with van der Waals surface area (Å²) in [6, 6.07) is 12.4. The summed E-state index contributed by atoms with van der Waals surface area (Å²) in [5.74, 6) is -2.30.